The van der Waals surface area contributed by atoms with Gasteiger partial charge in [-0.1, -0.05) is 30.3 Å². The second-order valence-corrected chi connectivity index (χ2v) is 4.50. The normalized spacial score (nSPS) is 10.2. The molecule has 110 valence electrons. The first kappa shape index (κ1) is 15.0. The molecule has 0 saturated heterocycles. The van der Waals surface area contributed by atoms with Gasteiger partial charge < -0.3 is 15.2 Å². The topological polar surface area (TPSA) is 58.6 Å². The van der Waals surface area contributed by atoms with Crippen LogP contribution >= 0.6 is 0 Å². The molecular formula is C16H16FNO3. The van der Waals surface area contributed by atoms with Crippen molar-refractivity contribution in [1.29, 1.82) is 0 Å². The monoisotopic (exact) mass is 289 g/mol. The van der Waals surface area contributed by atoms with Gasteiger partial charge in [0, 0.05) is 12.6 Å². The predicted molar refractivity (Wildman–Crippen MR) is 76.1 cm³/mol. The molecule has 0 aliphatic carbocycles. The molecule has 0 fully saturated rings. The number of hydrogen-bond donors (Lipinski definition) is 2. The minimum Gasteiger partial charge on any atom is -0.484 e. The molecule has 2 aromatic carbocycles. The van der Waals surface area contributed by atoms with E-state index in [0.717, 1.165) is 11.1 Å². The molecule has 0 aromatic heterocycles. The number of amides is 1. The lowest BCUT2D eigenvalue weighted by atomic mass is 10.1. The number of carbonyl (C=O) groups excluding carboxylic acids is 1. The van der Waals surface area contributed by atoms with Crippen LogP contribution in [-0.4, -0.2) is 17.6 Å². The molecule has 2 N–H and O–H groups in total. The zero-order valence-corrected chi connectivity index (χ0v) is 11.4. The van der Waals surface area contributed by atoms with Crippen LogP contribution in [0.3, 0.4) is 0 Å². The van der Waals surface area contributed by atoms with E-state index in [1.165, 1.54) is 18.2 Å². The third-order valence-electron chi connectivity index (χ3n) is 2.86. The first-order chi connectivity index (χ1) is 10.2. The van der Waals surface area contributed by atoms with Crippen molar-refractivity contribution in [3.8, 4) is 5.75 Å². The number of aliphatic hydroxyl groups excluding tert-OH is 1. The second-order valence-electron chi connectivity index (χ2n) is 4.50. The van der Waals surface area contributed by atoms with E-state index >= 15 is 0 Å². The van der Waals surface area contributed by atoms with Crippen LogP contribution in [0.4, 0.5) is 4.39 Å². The van der Waals surface area contributed by atoms with E-state index < -0.39 is 5.82 Å². The maximum absolute atomic E-state index is 12.9. The van der Waals surface area contributed by atoms with Gasteiger partial charge in [0.15, 0.2) is 6.61 Å². The van der Waals surface area contributed by atoms with Crippen LogP contribution < -0.4 is 10.1 Å². The molecule has 0 spiro atoms. The molecule has 0 bridgehead atoms. The van der Waals surface area contributed by atoms with Crippen molar-refractivity contribution in [2.75, 3.05) is 6.61 Å². The van der Waals surface area contributed by atoms with Crippen LogP contribution in [0.15, 0.2) is 48.5 Å². The maximum atomic E-state index is 12.9. The van der Waals surface area contributed by atoms with Crippen LogP contribution in [-0.2, 0) is 17.9 Å². The van der Waals surface area contributed by atoms with Crippen molar-refractivity contribution >= 4 is 5.91 Å². The van der Waals surface area contributed by atoms with E-state index in [9.17, 15) is 9.18 Å². The highest BCUT2D eigenvalue weighted by Gasteiger charge is 2.03. The highest BCUT2D eigenvalue weighted by Crippen LogP contribution is 2.11. The number of rotatable bonds is 6. The Hall–Kier alpha value is -2.40. The standard InChI is InChI=1S/C16H16FNO3/c17-14-2-1-3-15(8-14)21-11-16(20)18-9-12-4-6-13(10-19)7-5-12/h1-8,19H,9-11H2,(H,18,20). The summed E-state index contributed by atoms with van der Waals surface area (Å²) in [5.74, 6) is -0.375. The van der Waals surface area contributed by atoms with E-state index in [0.29, 0.717) is 12.3 Å². The van der Waals surface area contributed by atoms with Gasteiger partial charge in [0.2, 0.25) is 0 Å². The summed E-state index contributed by atoms with van der Waals surface area (Å²) in [5, 5.41) is 11.6. The minimum atomic E-state index is -0.406. The Labute approximate surface area is 122 Å². The van der Waals surface area contributed by atoms with E-state index in [1.54, 1.807) is 18.2 Å². The molecule has 0 radical (unpaired) electrons. The summed E-state index contributed by atoms with van der Waals surface area (Å²) in [6.07, 6.45) is 0. The van der Waals surface area contributed by atoms with Crippen molar-refractivity contribution < 1.29 is 19.0 Å². The number of hydrogen-bond acceptors (Lipinski definition) is 3. The lowest BCUT2D eigenvalue weighted by molar-refractivity contribution is -0.123. The van der Waals surface area contributed by atoms with Crippen LogP contribution in [0.2, 0.25) is 0 Å². The van der Waals surface area contributed by atoms with Gasteiger partial charge in [0.1, 0.15) is 11.6 Å². The van der Waals surface area contributed by atoms with Crippen LogP contribution in [0.25, 0.3) is 0 Å². The third-order valence-corrected chi connectivity index (χ3v) is 2.86. The fraction of sp³-hybridized carbons (Fsp3) is 0.188. The van der Waals surface area contributed by atoms with Crippen LogP contribution in [0, 0.1) is 5.82 Å². The summed E-state index contributed by atoms with van der Waals surface area (Å²) >= 11 is 0. The molecule has 21 heavy (non-hydrogen) atoms. The maximum Gasteiger partial charge on any atom is 0.258 e. The smallest absolute Gasteiger partial charge is 0.258 e. The first-order valence-corrected chi connectivity index (χ1v) is 6.51. The molecule has 5 heteroatoms. The highest BCUT2D eigenvalue weighted by molar-refractivity contribution is 5.77. The average Bonchev–Trinajstić information content (AvgIpc) is 2.51. The van der Waals surface area contributed by atoms with Crippen molar-refractivity contribution in [2.24, 2.45) is 0 Å². The van der Waals surface area contributed by atoms with Gasteiger partial charge in [-0.3, -0.25) is 4.79 Å². The van der Waals surface area contributed by atoms with Crippen molar-refractivity contribution in [1.82, 2.24) is 5.32 Å². The largest absolute Gasteiger partial charge is 0.484 e. The van der Waals surface area contributed by atoms with Gasteiger partial charge in [-0.15, -0.1) is 0 Å². The van der Waals surface area contributed by atoms with Gasteiger partial charge >= 0.3 is 0 Å². The number of ether oxygens (including phenoxy) is 1. The Morgan fingerprint density at radius 2 is 1.86 bits per heavy atom. The summed E-state index contributed by atoms with van der Waals surface area (Å²) in [6, 6.07) is 12.9. The van der Waals surface area contributed by atoms with Gasteiger partial charge in [-0.25, -0.2) is 4.39 Å². The van der Waals surface area contributed by atoms with Crippen molar-refractivity contribution in [3.05, 3.63) is 65.5 Å². The summed E-state index contributed by atoms with van der Waals surface area (Å²) < 4.78 is 18.1. The first-order valence-electron chi connectivity index (χ1n) is 6.51. The highest BCUT2D eigenvalue weighted by atomic mass is 19.1. The number of nitrogens with one attached hydrogen (secondary N) is 1. The van der Waals surface area contributed by atoms with E-state index in [-0.39, 0.29) is 19.1 Å². The van der Waals surface area contributed by atoms with E-state index in [2.05, 4.69) is 5.32 Å². The number of benzene rings is 2. The van der Waals surface area contributed by atoms with E-state index in [1.807, 2.05) is 12.1 Å². The fourth-order valence-corrected chi connectivity index (χ4v) is 1.72. The summed E-state index contributed by atoms with van der Waals surface area (Å²) in [7, 11) is 0. The number of carbonyl (C=O) groups is 1. The zero-order valence-electron chi connectivity index (χ0n) is 11.4. The molecule has 0 heterocycles. The van der Waals surface area contributed by atoms with Crippen molar-refractivity contribution in [2.45, 2.75) is 13.2 Å². The Morgan fingerprint density at radius 3 is 2.52 bits per heavy atom. The summed E-state index contributed by atoms with van der Waals surface area (Å²) in [6.45, 7) is 0.198. The van der Waals surface area contributed by atoms with Crippen LogP contribution in [0.5, 0.6) is 5.75 Å². The molecule has 2 rings (SSSR count). The Balaban J connectivity index is 1.76. The third kappa shape index (κ3) is 4.89. The van der Waals surface area contributed by atoms with Gasteiger partial charge in [-0.05, 0) is 23.3 Å². The average molecular weight is 289 g/mol. The SMILES string of the molecule is O=C(COc1cccc(F)c1)NCc1ccc(CO)cc1. The minimum absolute atomic E-state index is 0.00584. The Morgan fingerprint density at radius 1 is 1.14 bits per heavy atom. The molecule has 0 unspecified atom stereocenters. The molecule has 4 nitrogen and oxygen atoms in total. The quantitative estimate of drug-likeness (QED) is 0.855. The second kappa shape index (κ2) is 7.40. The zero-order chi connectivity index (χ0) is 15.1. The van der Waals surface area contributed by atoms with Gasteiger partial charge in [0.05, 0.1) is 6.61 Å². The fourth-order valence-electron chi connectivity index (χ4n) is 1.72. The molecule has 0 aliphatic heterocycles. The predicted octanol–water partition coefficient (Wildman–Crippen LogP) is 2.01. The molecule has 0 atom stereocenters. The Kier molecular flexibility index (Phi) is 5.29. The number of aliphatic hydroxyl groups is 1. The molecule has 0 saturated carbocycles. The molecular weight excluding hydrogens is 273 g/mol. The van der Waals surface area contributed by atoms with Crippen LogP contribution in [0.1, 0.15) is 11.1 Å². The Bertz CT molecular complexity index is 599. The van der Waals surface area contributed by atoms with Crippen molar-refractivity contribution in [3.63, 3.8) is 0 Å². The van der Waals surface area contributed by atoms with E-state index in [4.69, 9.17) is 9.84 Å². The molecule has 0 aliphatic rings. The van der Waals surface area contributed by atoms with Gasteiger partial charge in [0.25, 0.3) is 5.91 Å². The number of halogens is 1. The van der Waals surface area contributed by atoms with Gasteiger partial charge in [-0.2, -0.15) is 0 Å². The molecule has 2 aromatic rings. The lowest BCUT2D eigenvalue weighted by Crippen LogP contribution is -2.28. The summed E-state index contributed by atoms with van der Waals surface area (Å²) in [4.78, 5) is 11.6. The lowest BCUT2D eigenvalue weighted by Gasteiger charge is -2.08. The summed E-state index contributed by atoms with van der Waals surface area (Å²) in [5.41, 5.74) is 1.74. The molecule has 1 amide bonds.